The quantitative estimate of drug-likeness (QED) is 0.678. The predicted molar refractivity (Wildman–Crippen MR) is 81.6 cm³/mol. The molecule has 0 bridgehead atoms. The molecule has 3 aromatic rings. The fraction of sp³-hybridized carbons (Fsp3) is 0.286. The van der Waals surface area contributed by atoms with Crippen molar-refractivity contribution < 1.29 is 0 Å². The number of rotatable bonds is 1. The molecule has 4 rings (SSSR count). The van der Waals surface area contributed by atoms with Gasteiger partial charge in [0, 0.05) is 38.2 Å². The zero-order valence-electron chi connectivity index (χ0n) is 11.5. The van der Waals surface area contributed by atoms with Gasteiger partial charge in [-0.3, -0.25) is 4.79 Å². The fourth-order valence-corrected chi connectivity index (χ4v) is 3.54. The molecule has 21 heavy (non-hydrogen) atoms. The molecule has 0 saturated carbocycles. The van der Waals surface area contributed by atoms with E-state index in [-0.39, 0.29) is 5.56 Å². The minimum Gasteiger partial charge on any atom is -0.351 e. The summed E-state index contributed by atoms with van der Waals surface area (Å²) in [6.07, 6.45) is 2.42. The Kier molecular flexibility index (Phi) is 2.75. The molecule has 0 atom stereocenters. The van der Waals surface area contributed by atoms with Crippen LogP contribution in [0.25, 0.3) is 10.2 Å². The number of aromatic nitrogens is 4. The number of anilines is 1. The zero-order chi connectivity index (χ0) is 14.4. The lowest BCUT2D eigenvalue weighted by Crippen LogP contribution is -2.34. The van der Waals surface area contributed by atoms with E-state index in [0.717, 1.165) is 40.3 Å². The number of aryl methyl sites for hydroxylation is 1. The van der Waals surface area contributed by atoms with Gasteiger partial charge in [0.2, 0.25) is 0 Å². The van der Waals surface area contributed by atoms with Gasteiger partial charge in [-0.15, -0.1) is 11.3 Å². The lowest BCUT2D eigenvalue weighted by atomic mass is 10.1. The van der Waals surface area contributed by atoms with Crippen molar-refractivity contribution in [3.8, 4) is 0 Å². The highest BCUT2D eigenvalue weighted by atomic mass is 32.1. The van der Waals surface area contributed by atoms with E-state index in [4.69, 9.17) is 0 Å². The summed E-state index contributed by atoms with van der Waals surface area (Å²) in [5.74, 6) is 0.946. The molecule has 4 heterocycles. The smallest absolute Gasteiger partial charge is 0.266 e. The molecule has 0 N–H and O–H groups in total. The van der Waals surface area contributed by atoms with Gasteiger partial charge >= 0.3 is 0 Å². The van der Waals surface area contributed by atoms with E-state index in [0.29, 0.717) is 6.54 Å². The summed E-state index contributed by atoms with van der Waals surface area (Å²) in [7, 11) is 1.69. The molecule has 0 saturated heterocycles. The first-order valence-corrected chi connectivity index (χ1v) is 7.59. The third-order valence-electron chi connectivity index (χ3n) is 3.76. The lowest BCUT2D eigenvalue weighted by Gasteiger charge is -2.29. The van der Waals surface area contributed by atoms with Crippen molar-refractivity contribution >= 4 is 27.4 Å². The molecule has 0 spiro atoms. The normalized spacial score (nSPS) is 14.4. The third kappa shape index (κ3) is 2.01. The molecule has 0 unspecified atom stereocenters. The molecular weight excluding hydrogens is 286 g/mol. The summed E-state index contributed by atoms with van der Waals surface area (Å²) in [5, 5.41) is 6.37. The summed E-state index contributed by atoms with van der Waals surface area (Å²) in [6, 6.07) is 3.68. The first-order chi connectivity index (χ1) is 10.2. The van der Waals surface area contributed by atoms with Crippen LogP contribution in [0.15, 0.2) is 28.6 Å². The van der Waals surface area contributed by atoms with Crippen molar-refractivity contribution in [1.29, 1.82) is 0 Å². The Morgan fingerprint density at radius 2 is 2.24 bits per heavy atom. The summed E-state index contributed by atoms with van der Waals surface area (Å²) in [4.78, 5) is 22.7. The van der Waals surface area contributed by atoms with E-state index in [1.54, 1.807) is 30.8 Å². The Hall–Kier alpha value is -2.28. The highest BCUT2D eigenvalue weighted by Gasteiger charge is 2.21. The van der Waals surface area contributed by atoms with Gasteiger partial charge in [0.25, 0.3) is 5.56 Å². The summed E-state index contributed by atoms with van der Waals surface area (Å²) in [5.41, 5.74) is 2.90. The molecule has 1 aliphatic rings. The minimum atomic E-state index is -0.0699. The molecule has 0 aromatic carbocycles. The summed E-state index contributed by atoms with van der Waals surface area (Å²) < 4.78 is 2.49. The van der Waals surface area contributed by atoms with Crippen molar-refractivity contribution in [2.24, 2.45) is 7.05 Å². The topological polar surface area (TPSA) is 63.9 Å². The van der Waals surface area contributed by atoms with E-state index >= 15 is 0 Å². The van der Waals surface area contributed by atoms with Gasteiger partial charge in [0.1, 0.15) is 12.1 Å². The van der Waals surface area contributed by atoms with Crippen molar-refractivity contribution in [1.82, 2.24) is 19.7 Å². The maximum absolute atomic E-state index is 11.8. The van der Waals surface area contributed by atoms with Gasteiger partial charge in [0.15, 0.2) is 0 Å². The van der Waals surface area contributed by atoms with Crippen LogP contribution in [0.4, 0.5) is 5.82 Å². The Bertz CT molecular complexity index is 884. The maximum atomic E-state index is 11.8. The lowest BCUT2D eigenvalue weighted by molar-refractivity contribution is 0.623. The highest BCUT2D eigenvalue weighted by Crippen LogP contribution is 2.30. The van der Waals surface area contributed by atoms with Gasteiger partial charge in [-0.1, -0.05) is 0 Å². The van der Waals surface area contributed by atoms with Crippen LogP contribution in [0.2, 0.25) is 0 Å². The van der Waals surface area contributed by atoms with Crippen LogP contribution in [-0.4, -0.2) is 26.3 Å². The Morgan fingerprint density at radius 1 is 1.33 bits per heavy atom. The molecule has 0 fully saturated rings. The van der Waals surface area contributed by atoms with Crippen molar-refractivity contribution in [3.63, 3.8) is 0 Å². The van der Waals surface area contributed by atoms with E-state index < -0.39 is 0 Å². The second-order valence-electron chi connectivity index (χ2n) is 5.08. The van der Waals surface area contributed by atoms with Crippen LogP contribution in [0, 0.1) is 0 Å². The van der Waals surface area contributed by atoms with Gasteiger partial charge < -0.3 is 4.90 Å². The van der Waals surface area contributed by atoms with Gasteiger partial charge in [-0.05, 0) is 11.4 Å². The molecule has 0 radical (unpaired) electrons. The standard InChI is InChI=1S/C14H13N5OS/c1-18-12(20)6-9-7-19(4-2-10(9)17-18)14-13-11(3-5-21-13)15-8-16-14/h3,5-6,8H,2,4,7H2,1H3. The van der Waals surface area contributed by atoms with Crippen LogP contribution in [0.3, 0.4) is 0 Å². The summed E-state index contributed by atoms with van der Waals surface area (Å²) in [6.45, 7) is 1.52. The molecule has 7 heteroatoms. The van der Waals surface area contributed by atoms with Crippen LogP contribution < -0.4 is 10.5 Å². The summed E-state index contributed by atoms with van der Waals surface area (Å²) >= 11 is 1.65. The fourth-order valence-electron chi connectivity index (χ4n) is 2.68. The largest absolute Gasteiger partial charge is 0.351 e. The Balaban J connectivity index is 1.77. The van der Waals surface area contributed by atoms with E-state index in [9.17, 15) is 4.79 Å². The second-order valence-corrected chi connectivity index (χ2v) is 6.00. The number of nitrogens with zero attached hydrogens (tertiary/aromatic N) is 5. The van der Waals surface area contributed by atoms with Gasteiger partial charge in [-0.25, -0.2) is 14.6 Å². The SMILES string of the molecule is Cn1nc2c(cc1=O)CN(c1ncnc3ccsc13)CC2. The third-order valence-corrected chi connectivity index (χ3v) is 4.66. The van der Waals surface area contributed by atoms with E-state index in [1.807, 2.05) is 11.4 Å². The van der Waals surface area contributed by atoms with Gasteiger partial charge in [-0.2, -0.15) is 5.10 Å². The van der Waals surface area contributed by atoms with Gasteiger partial charge in [0.05, 0.1) is 15.9 Å². The number of hydrogen-bond acceptors (Lipinski definition) is 6. The van der Waals surface area contributed by atoms with Crippen LogP contribution >= 0.6 is 11.3 Å². The number of thiophene rings is 1. The number of hydrogen-bond donors (Lipinski definition) is 0. The minimum absolute atomic E-state index is 0.0699. The van der Waals surface area contributed by atoms with Crippen molar-refractivity contribution in [2.45, 2.75) is 13.0 Å². The Labute approximate surface area is 124 Å². The monoisotopic (exact) mass is 299 g/mol. The average molecular weight is 299 g/mol. The molecule has 0 amide bonds. The zero-order valence-corrected chi connectivity index (χ0v) is 12.3. The first kappa shape index (κ1) is 12.5. The second kappa shape index (κ2) is 4.63. The molecular formula is C14H13N5OS. The first-order valence-electron chi connectivity index (χ1n) is 6.71. The molecule has 106 valence electrons. The van der Waals surface area contributed by atoms with Crippen molar-refractivity contribution in [2.75, 3.05) is 11.4 Å². The van der Waals surface area contributed by atoms with Crippen LogP contribution in [0.5, 0.6) is 0 Å². The van der Waals surface area contributed by atoms with E-state index in [2.05, 4.69) is 20.0 Å². The van der Waals surface area contributed by atoms with Crippen LogP contribution in [-0.2, 0) is 20.0 Å². The predicted octanol–water partition coefficient (Wildman–Crippen LogP) is 1.35. The molecule has 6 nitrogen and oxygen atoms in total. The number of fused-ring (bicyclic) bond motifs is 2. The molecule has 1 aliphatic heterocycles. The average Bonchev–Trinajstić information content (AvgIpc) is 2.96. The van der Waals surface area contributed by atoms with Crippen molar-refractivity contribution in [3.05, 3.63) is 45.5 Å². The molecule has 0 aliphatic carbocycles. The maximum Gasteiger partial charge on any atom is 0.266 e. The van der Waals surface area contributed by atoms with Crippen LogP contribution in [0.1, 0.15) is 11.3 Å². The highest BCUT2D eigenvalue weighted by molar-refractivity contribution is 7.17. The Morgan fingerprint density at radius 3 is 3.14 bits per heavy atom. The molecule has 3 aromatic heterocycles. The van der Waals surface area contributed by atoms with E-state index in [1.165, 1.54) is 4.68 Å².